The molecule has 0 aromatic heterocycles. The topological polar surface area (TPSA) is 45.0 Å². The first-order valence-electron chi connectivity index (χ1n) is 9.80. The predicted molar refractivity (Wildman–Crippen MR) is 104 cm³/mol. The van der Waals surface area contributed by atoms with E-state index in [1.54, 1.807) is 0 Å². The van der Waals surface area contributed by atoms with Crippen molar-refractivity contribution >= 4 is 0 Å². The highest BCUT2D eigenvalue weighted by atomic mass is 16.5. The number of hydrogen-bond acceptors (Lipinski definition) is 3. The van der Waals surface area contributed by atoms with E-state index in [4.69, 9.17) is 10.00 Å². The van der Waals surface area contributed by atoms with Gasteiger partial charge in [0.25, 0.3) is 0 Å². The maximum atomic E-state index is 9.08. The number of nitrogens with zero attached hydrogens (tertiary/aromatic N) is 1. The zero-order chi connectivity index (χ0) is 17.8. The van der Waals surface area contributed by atoms with Gasteiger partial charge < -0.3 is 10.1 Å². The molecule has 0 amide bonds. The van der Waals surface area contributed by atoms with E-state index in [1.807, 2.05) is 12.1 Å². The second-order valence-corrected chi connectivity index (χ2v) is 7.45. The molecule has 134 valence electrons. The molecule has 2 fully saturated rings. The highest BCUT2D eigenvalue weighted by Gasteiger charge is 2.25. The molecule has 3 nitrogen and oxygen atoms in total. The van der Waals surface area contributed by atoms with Crippen molar-refractivity contribution in [1.82, 2.24) is 5.32 Å². The number of ether oxygens (including phenoxy) is 1. The van der Waals surface area contributed by atoms with Crippen LogP contribution in [0.15, 0.2) is 42.5 Å². The highest BCUT2D eigenvalue weighted by Crippen LogP contribution is 2.41. The predicted octanol–water partition coefficient (Wildman–Crippen LogP) is 4.41. The minimum absolute atomic E-state index is 0.264. The average molecular weight is 346 g/mol. The Balaban J connectivity index is 1.72. The number of nitriles is 1. The van der Waals surface area contributed by atoms with Crippen LogP contribution in [0, 0.1) is 11.3 Å². The van der Waals surface area contributed by atoms with E-state index in [2.05, 4.69) is 41.7 Å². The number of morpholine rings is 1. The maximum Gasteiger partial charge on any atom is 0.0991 e. The SMILES string of the molecule is N#Cc1ccc(-c2cccc(CC3CNCCO3)c2C2CCCC2)cc1. The summed E-state index contributed by atoms with van der Waals surface area (Å²) in [6, 6.07) is 17.0. The number of benzene rings is 2. The van der Waals surface area contributed by atoms with Crippen LogP contribution in [-0.2, 0) is 11.2 Å². The van der Waals surface area contributed by atoms with Crippen molar-refractivity contribution in [3.63, 3.8) is 0 Å². The third kappa shape index (κ3) is 3.67. The van der Waals surface area contributed by atoms with Crippen LogP contribution >= 0.6 is 0 Å². The van der Waals surface area contributed by atoms with E-state index in [9.17, 15) is 0 Å². The summed E-state index contributed by atoms with van der Waals surface area (Å²) in [5, 5.41) is 12.5. The van der Waals surface area contributed by atoms with Gasteiger partial charge in [-0.2, -0.15) is 5.26 Å². The standard InChI is InChI=1S/C23H26N2O/c24-15-17-8-10-18(11-9-17)22-7-3-6-20(14-21-16-25-12-13-26-21)23(22)19-4-1-2-5-19/h3,6-11,19,21,25H,1-2,4-5,12-14,16H2. The molecule has 2 aromatic carbocycles. The van der Waals surface area contributed by atoms with Gasteiger partial charge in [0.2, 0.25) is 0 Å². The van der Waals surface area contributed by atoms with Crippen molar-refractivity contribution in [2.24, 2.45) is 0 Å². The highest BCUT2D eigenvalue weighted by molar-refractivity contribution is 5.70. The molecule has 4 rings (SSSR count). The molecule has 0 bridgehead atoms. The van der Waals surface area contributed by atoms with E-state index in [0.29, 0.717) is 11.5 Å². The van der Waals surface area contributed by atoms with Crippen LogP contribution in [0.3, 0.4) is 0 Å². The van der Waals surface area contributed by atoms with E-state index in [0.717, 1.165) is 26.1 Å². The molecule has 1 heterocycles. The maximum absolute atomic E-state index is 9.08. The molecule has 1 unspecified atom stereocenters. The monoisotopic (exact) mass is 346 g/mol. The summed E-state index contributed by atoms with van der Waals surface area (Å²) in [5.41, 5.74) is 6.23. The van der Waals surface area contributed by atoms with Crippen LogP contribution in [0.2, 0.25) is 0 Å². The molecular formula is C23H26N2O. The fourth-order valence-corrected chi connectivity index (χ4v) is 4.46. The second-order valence-electron chi connectivity index (χ2n) is 7.45. The fraction of sp³-hybridized carbons (Fsp3) is 0.435. The van der Waals surface area contributed by atoms with Gasteiger partial charge in [-0.15, -0.1) is 0 Å². The first-order valence-corrected chi connectivity index (χ1v) is 9.80. The van der Waals surface area contributed by atoms with Gasteiger partial charge in [0, 0.05) is 19.5 Å². The van der Waals surface area contributed by atoms with Crippen LogP contribution in [0.5, 0.6) is 0 Å². The lowest BCUT2D eigenvalue weighted by molar-refractivity contribution is 0.0291. The summed E-state index contributed by atoms with van der Waals surface area (Å²) < 4.78 is 5.98. The summed E-state index contributed by atoms with van der Waals surface area (Å²) >= 11 is 0. The minimum atomic E-state index is 0.264. The van der Waals surface area contributed by atoms with Gasteiger partial charge in [-0.05, 0) is 53.1 Å². The summed E-state index contributed by atoms with van der Waals surface area (Å²) in [4.78, 5) is 0. The molecule has 1 saturated heterocycles. The average Bonchev–Trinajstić information content (AvgIpc) is 3.23. The zero-order valence-corrected chi connectivity index (χ0v) is 15.2. The normalized spacial score (nSPS) is 20.8. The van der Waals surface area contributed by atoms with Crippen LogP contribution in [0.4, 0.5) is 0 Å². The van der Waals surface area contributed by atoms with Gasteiger partial charge in [-0.1, -0.05) is 43.2 Å². The lowest BCUT2D eigenvalue weighted by atomic mass is 9.84. The smallest absolute Gasteiger partial charge is 0.0991 e. The van der Waals surface area contributed by atoms with Crippen molar-refractivity contribution in [2.45, 2.75) is 44.1 Å². The largest absolute Gasteiger partial charge is 0.375 e. The summed E-state index contributed by atoms with van der Waals surface area (Å²) in [6.45, 7) is 2.70. The van der Waals surface area contributed by atoms with Crippen molar-refractivity contribution in [1.29, 1.82) is 5.26 Å². The molecular weight excluding hydrogens is 320 g/mol. The number of rotatable bonds is 4. The summed E-state index contributed by atoms with van der Waals surface area (Å²) in [5.74, 6) is 0.647. The molecule has 1 saturated carbocycles. The Hall–Kier alpha value is -2.15. The number of nitrogens with one attached hydrogen (secondary N) is 1. The first kappa shape index (κ1) is 17.3. The molecule has 0 radical (unpaired) electrons. The molecule has 2 aromatic rings. The lowest BCUT2D eigenvalue weighted by Crippen LogP contribution is -2.39. The molecule has 3 heteroatoms. The molecule has 1 atom stereocenters. The second kappa shape index (κ2) is 8.03. The third-order valence-electron chi connectivity index (χ3n) is 5.74. The Bertz CT molecular complexity index is 779. The Morgan fingerprint density at radius 3 is 2.58 bits per heavy atom. The molecule has 26 heavy (non-hydrogen) atoms. The van der Waals surface area contributed by atoms with E-state index < -0.39 is 0 Å². The van der Waals surface area contributed by atoms with Crippen LogP contribution in [0.25, 0.3) is 11.1 Å². The summed E-state index contributed by atoms with van der Waals surface area (Å²) in [7, 11) is 0. The Kier molecular flexibility index (Phi) is 5.34. The molecule has 1 aliphatic carbocycles. The third-order valence-corrected chi connectivity index (χ3v) is 5.74. The van der Waals surface area contributed by atoms with Gasteiger partial charge in [0.1, 0.15) is 0 Å². The molecule has 1 N–H and O–H groups in total. The zero-order valence-electron chi connectivity index (χ0n) is 15.2. The minimum Gasteiger partial charge on any atom is -0.375 e. The van der Waals surface area contributed by atoms with Gasteiger partial charge in [0.05, 0.1) is 24.3 Å². The van der Waals surface area contributed by atoms with Crippen molar-refractivity contribution in [3.05, 3.63) is 59.2 Å². The van der Waals surface area contributed by atoms with Gasteiger partial charge in [-0.25, -0.2) is 0 Å². The van der Waals surface area contributed by atoms with E-state index in [-0.39, 0.29) is 6.10 Å². The Labute approximate surface area is 156 Å². The molecule has 0 spiro atoms. The van der Waals surface area contributed by atoms with E-state index in [1.165, 1.54) is 47.9 Å². The Morgan fingerprint density at radius 2 is 1.88 bits per heavy atom. The van der Waals surface area contributed by atoms with Gasteiger partial charge in [-0.3, -0.25) is 0 Å². The van der Waals surface area contributed by atoms with Crippen LogP contribution in [0.1, 0.15) is 48.3 Å². The lowest BCUT2D eigenvalue weighted by Gasteiger charge is -2.27. The number of hydrogen-bond donors (Lipinski definition) is 1. The fourth-order valence-electron chi connectivity index (χ4n) is 4.46. The van der Waals surface area contributed by atoms with Crippen molar-refractivity contribution in [3.8, 4) is 17.2 Å². The van der Waals surface area contributed by atoms with Crippen molar-refractivity contribution < 1.29 is 4.74 Å². The quantitative estimate of drug-likeness (QED) is 0.892. The van der Waals surface area contributed by atoms with Gasteiger partial charge >= 0.3 is 0 Å². The molecule has 1 aliphatic heterocycles. The van der Waals surface area contributed by atoms with Crippen LogP contribution < -0.4 is 5.32 Å². The molecule has 2 aliphatic rings. The van der Waals surface area contributed by atoms with E-state index >= 15 is 0 Å². The first-order chi connectivity index (χ1) is 12.8. The Morgan fingerprint density at radius 1 is 1.08 bits per heavy atom. The summed E-state index contributed by atoms with van der Waals surface area (Å²) in [6.07, 6.45) is 6.46. The van der Waals surface area contributed by atoms with Gasteiger partial charge in [0.15, 0.2) is 0 Å². The van der Waals surface area contributed by atoms with Crippen molar-refractivity contribution in [2.75, 3.05) is 19.7 Å². The van der Waals surface area contributed by atoms with Crippen LogP contribution in [-0.4, -0.2) is 25.8 Å².